The lowest BCUT2D eigenvalue weighted by molar-refractivity contribution is -0.458. The van der Waals surface area contributed by atoms with Crippen molar-refractivity contribution in [2.75, 3.05) is 17.3 Å². The van der Waals surface area contributed by atoms with Gasteiger partial charge >= 0.3 is 57.1 Å². The van der Waals surface area contributed by atoms with Crippen LogP contribution in [0, 0.1) is 5.41 Å². The van der Waals surface area contributed by atoms with Gasteiger partial charge < -0.3 is 0 Å². The van der Waals surface area contributed by atoms with Crippen LogP contribution in [0.5, 0.6) is 0 Å². The van der Waals surface area contributed by atoms with E-state index in [1.165, 1.54) is 20.8 Å². The molecule has 252 valence electrons. The van der Waals surface area contributed by atoms with Gasteiger partial charge in [0.2, 0.25) is 0 Å². The molecule has 0 aromatic rings. The quantitative estimate of drug-likeness (QED) is 0.207. The Morgan fingerprint density at radius 1 is 0.595 bits per heavy atom. The van der Waals surface area contributed by atoms with Gasteiger partial charge in [0.25, 0.3) is 0 Å². The highest BCUT2D eigenvalue weighted by molar-refractivity contribution is 8.33. The number of Topliss-reactive ketones (excluding diaryl/α,β-unsaturated/α-hetero) is 1. The minimum Gasteiger partial charge on any atom is -0.298 e. The average molecular weight is 700 g/mol. The predicted molar refractivity (Wildman–Crippen MR) is 111 cm³/mol. The summed E-state index contributed by atoms with van der Waals surface area (Å²) in [6.07, 6.45) is -7.96. The van der Waals surface area contributed by atoms with Gasteiger partial charge in [-0.3, -0.25) is 4.79 Å². The van der Waals surface area contributed by atoms with Crippen LogP contribution >= 0.6 is 10.3 Å². The van der Waals surface area contributed by atoms with Gasteiger partial charge in [-0.25, -0.2) is 3.63 Å². The second kappa shape index (κ2) is 10.7. The standard InChI is InChI=1S/C19H21F17O4S2/c1-11(2,3)10(37)9-41(7-5-4-6-8-41)40-42(38,39)19(35,36)17(30,31)15(26,27)13(22,23)12(20,21)14(24,25)16(28,29)18(32,33)34/h4-9H2,1-3H3. The first kappa shape index (κ1) is 38.8. The number of ketones is 1. The van der Waals surface area contributed by atoms with Crippen LogP contribution in [-0.4, -0.2) is 78.4 Å². The first-order valence-corrected chi connectivity index (χ1v) is 14.5. The molecule has 0 N–H and O–H groups in total. The fourth-order valence-corrected chi connectivity index (χ4v) is 9.15. The number of alkyl halides is 17. The Morgan fingerprint density at radius 3 is 1.26 bits per heavy atom. The molecule has 0 aromatic carbocycles. The van der Waals surface area contributed by atoms with Crippen molar-refractivity contribution >= 4 is 26.2 Å². The van der Waals surface area contributed by atoms with Crippen molar-refractivity contribution in [3.05, 3.63) is 0 Å². The van der Waals surface area contributed by atoms with E-state index in [2.05, 4.69) is 3.63 Å². The van der Waals surface area contributed by atoms with Gasteiger partial charge in [-0.1, -0.05) is 27.2 Å². The molecule has 1 aliphatic heterocycles. The maximum atomic E-state index is 14.5. The molecule has 1 fully saturated rings. The molecule has 1 aliphatic rings. The zero-order valence-electron chi connectivity index (χ0n) is 21.1. The van der Waals surface area contributed by atoms with Crippen LogP contribution in [0.25, 0.3) is 0 Å². The Balaban J connectivity index is 3.72. The summed E-state index contributed by atoms with van der Waals surface area (Å²) >= 11 is 0. The fourth-order valence-electron chi connectivity index (χ4n) is 3.24. The van der Waals surface area contributed by atoms with Crippen LogP contribution in [0.3, 0.4) is 0 Å². The number of rotatable bonds is 11. The number of hydrogen-bond acceptors (Lipinski definition) is 4. The van der Waals surface area contributed by atoms with E-state index in [9.17, 15) is 87.8 Å². The summed E-state index contributed by atoms with van der Waals surface area (Å²) in [6.45, 7) is 3.64. The third-order valence-corrected chi connectivity index (χ3v) is 11.6. The monoisotopic (exact) mass is 700 g/mol. The van der Waals surface area contributed by atoms with Gasteiger partial charge in [0, 0.05) is 16.9 Å². The van der Waals surface area contributed by atoms with E-state index in [1.807, 2.05) is 0 Å². The Hall–Kier alpha value is -1.26. The van der Waals surface area contributed by atoms with E-state index in [0.717, 1.165) is 0 Å². The summed E-state index contributed by atoms with van der Waals surface area (Å²) in [4.78, 5) is 12.4. The van der Waals surface area contributed by atoms with Crippen molar-refractivity contribution in [2.45, 2.75) is 87.0 Å². The molecule has 0 aliphatic carbocycles. The fraction of sp³-hybridized carbons (Fsp3) is 0.947. The highest BCUT2D eigenvalue weighted by atomic mass is 32.3. The molecule has 23 heteroatoms. The minimum atomic E-state index is -8.92. The Labute approximate surface area is 227 Å². The zero-order valence-corrected chi connectivity index (χ0v) is 22.8. The molecule has 0 radical (unpaired) electrons. The smallest absolute Gasteiger partial charge is 0.298 e. The Morgan fingerprint density at radius 2 is 0.929 bits per heavy atom. The van der Waals surface area contributed by atoms with Crippen molar-refractivity contribution in [2.24, 2.45) is 5.41 Å². The molecule has 0 unspecified atom stereocenters. The Bertz CT molecular complexity index is 1120. The van der Waals surface area contributed by atoms with Crippen LogP contribution in [-0.2, 0) is 18.5 Å². The molecule has 1 rings (SSSR count). The van der Waals surface area contributed by atoms with Gasteiger partial charge in [-0.05, 0) is 12.8 Å². The molecule has 0 aromatic heterocycles. The minimum absolute atomic E-state index is 0.132. The molecule has 1 heterocycles. The normalized spacial score (nSPS) is 19.9. The topological polar surface area (TPSA) is 60.4 Å². The number of carbonyl (C=O) groups excluding carboxylic acids is 1. The molecule has 1 saturated heterocycles. The summed E-state index contributed by atoms with van der Waals surface area (Å²) in [7, 11) is -11.5. The van der Waals surface area contributed by atoms with E-state index < -0.39 is 95.8 Å². The maximum absolute atomic E-state index is 14.5. The zero-order chi connectivity index (χ0) is 34.0. The van der Waals surface area contributed by atoms with Crippen LogP contribution in [0.4, 0.5) is 74.6 Å². The molecule has 0 bridgehead atoms. The number of carbonyl (C=O) groups is 1. The van der Waals surface area contributed by atoms with E-state index >= 15 is 0 Å². The van der Waals surface area contributed by atoms with Gasteiger partial charge in [-0.2, -0.15) is 83.1 Å². The molecule has 0 spiro atoms. The largest absolute Gasteiger partial charge is 0.460 e. The molecule has 0 saturated carbocycles. The van der Waals surface area contributed by atoms with Crippen molar-refractivity contribution in [3.8, 4) is 0 Å². The van der Waals surface area contributed by atoms with Crippen LogP contribution in [0.1, 0.15) is 40.0 Å². The van der Waals surface area contributed by atoms with Gasteiger partial charge in [-0.15, -0.1) is 10.3 Å². The van der Waals surface area contributed by atoms with Crippen LogP contribution in [0.2, 0.25) is 0 Å². The van der Waals surface area contributed by atoms with Crippen molar-refractivity contribution in [3.63, 3.8) is 0 Å². The molecular weight excluding hydrogens is 679 g/mol. The van der Waals surface area contributed by atoms with Gasteiger partial charge in [0.05, 0.1) is 5.75 Å². The van der Waals surface area contributed by atoms with E-state index in [1.54, 1.807) is 0 Å². The summed E-state index contributed by atoms with van der Waals surface area (Å²) in [5.74, 6) is -55.4. The maximum Gasteiger partial charge on any atom is 0.460 e. The first-order valence-electron chi connectivity index (χ1n) is 11.0. The SMILES string of the molecule is CC(C)(C)C(=O)CS1(OS(=O)(=O)C(F)(F)C(F)(F)C(F)(F)C(F)(F)C(F)(F)C(F)(F)C(F)(F)C(F)(F)F)CCCCC1. The predicted octanol–water partition coefficient (Wildman–Crippen LogP) is 7.82. The molecule has 4 nitrogen and oxygen atoms in total. The second-order valence-electron chi connectivity index (χ2n) is 10.2. The lowest BCUT2D eigenvalue weighted by Crippen LogP contribution is -2.75. The van der Waals surface area contributed by atoms with Crippen molar-refractivity contribution < 1.29 is 91.5 Å². The Kier molecular flexibility index (Phi) is 9.85. The molecule has 42 heavy (non-hydrogen) atoms. The molecule has 0 amide bonds. The molecular formula is C19H21F17O4S2. The lowest BCUT2D eigenvalue weighted by Gasteiger charge is -2.44. The summed E-state index contributed by atoms with van der Waals surface area (Å²) < 4.78 is 258. The third kappa shape index (κ3) is 5.78. The van der Waals surface area contributed by atoms with E-state index in [4.69, 9.17) is 0 Å². The van der Waals surface area contributed by atoms with Crippen molar-refractivity contribution in [1.29, 1.82) is 0 Å². The first-order chi connectivity index (χ1) is 18.0. The summed E-state index contributed by atoms with van der Waals surface area (Å²) in [6, 6.07) is 0. The summed E-state index contributed by atoms with van der Waals surface area (Å²) in [5.41, 5.74) is -1.37. The second-order valence-corrected chi connectivity index (χ2v) is 15.2. The van der Waals surface area contributed by atoms with E-state index in [0.29, 0.717) is 0 Å². The number of halogens is 17. The lowest BCUT2D eigenvalue weighted by atomic mass is 9.91. The average Bonchev–Trinajstić information content (AvgIpc) is 2.76. The molecule has 0 atom stereocenters. The number of hydrogen-bond donors (Lipinski definition) is 0. The van der Waals surface area contributed by atoms with Gasteiger partial charge in [0.1, 0.15) is 5.78 Å². The van der Waals surface area contributed by atoms with Crippen LogP contribution < -0.4 is 0 Å². The highest BCUT2D eigenvalue weighted by Gasteiger charge is 2.96. The van der Waals surface area contributed by atoms with E-state index in [-0.39, 0.29) is 19.3 Å². The van der Waals surface area contributed by atoms with Crippen LogP contribution in [0.15, 0.2) is 0 Å². The third-order valence-electron chi connectivity index (χ3n) is 6.00. The van der Waals surface area contributed by atoms with Gasteiger partial charge in [0.15, 0.2) is 0 Å². The highest BCUT2D eigenvalue weighted by Crippen LogP contribution is 2.65. The summed E-state index contributed by atoms with van der Waals surface area (Å²) in [5, 5.41) is -7.76. The van der Waals surface area contributed by atoms with Crippen molar-refractivity contribution in [1.82, 2.24) is 0 Å².